The van der Waals surface area contributed by atoms with Gasteiger partial charge in [0.15, 0.2) is 6.10 Å². The molecule has 0 heterocycles. The Morgan fingerprint density at radius 1 is 1.14 bits per heavy atom. The van der Waals surface area contributed by atoms with E-state index in [1.165, 1.54) is 0 Å². The fraction of sp³-hybridized carbons (Fsp3) is 0.353. The Morgan fingerprint density at radius 3 is 2.57 bits per heavy atom. The number of hydrogen-bond acceptors (Lipinski definition) is 3. The van der Waals surface area contributed by atoms with Gasteiger partial charge in [-0.25, -0.2) is 0 Å². The Morgan fingerprint density at radius 2 is 1.86 bits per heavy atom. The van der Waals surface area contributed by atoms with E-state index >= 15 is 0 Å². The molecule has 0 aromatic heterocycles. The Hall–Kier alpha value is -2.07. The Balaban J connectivity index is 2.00. The molecule has 1 amide bonds. The second kappa shape index (κ2) is 7.09. The summed E-state index contributed by atoms with van der Waals surface area (Å²) in [6, 6.07) is 13.8. The van der Waals surface area contributed by atoms with Crippen molar-refractivity contribution in [1.29, 1.82) is 0 Å². The average Bonchev–Trinajstić information content (AvgIpc) is 2.47. The third kappa shape index (κ3) is 4.20. The SMILES string of the molecule is COCC(C)NC(=O)C(C)Oc1ccc2ccccc2c1. The fourth-order valence-electron chi connectivity index (χ4n) is 2.15. The average molecular weight is 287 g/mol. The van der Waals surface area contributed by atoms with Crippen molar-refractivity contribution < 1.29 is 14.3 Å². The first-order valence-electron chi connectivity index (χ1n) is 7.05. The molecule has 112 valence electrons. The molecule has 2 rings (SSSR count). The normalized spacial score (nSPS) is 13.7. The van der Waals surface area contributed by atoms with Gasteiger partial charge in [-0.05, 0) is 36.8 Å². The molecule has 2 aromatic carbocycles. The van der Waals surface area contributed by atoms with Crippen LogP contribution in [0.25, 0.3) is 10.8 Å². The monoisotopic (exact) mass is 287 g/mol. The maximum absolute atomic E-state index is 12.0. The summed E-state index contributed by atoms with van der Waals surface area (Å²) >= 11 is 0. The van der Waals surface area contributed by atoms with E-state index in [0.717, 1.165) is 10.8 Å². The fourth-order valence-corrected chi connectivity index (χ4v) is 2.15. The number of hydrogen-bond donors (Lipinski definition) is 1. The molecule has 0 aliphatic heterocycles. The highest BCUT2D eigenvalue weighted by atomic mass is 16.5. The molecule has 2 unspecified atom stereocenters. The zero-order valence-electron chi connectivity index (χ0n) is 12.6. The lowest BCUT2D eigenvalue weighted by Gasteiger charge is -2.18. The molecular weight excluding hydrogens is 266 g/mol. The molecule has 1 N–H and O–H groups in total. The zero-order chi connectivity index (χ0) is 15.2. The summed E-state index contributed by atoms with van der Waals surface area (Å²) in [5.41, 5.74) is 0. The highest BCUT2D eigenvalue weighted by molar-refractivity contribution is 5.84. The second-order valence-corrected chi connectivity index (χ2v) is 5.13. The van der Waals surface area contributed by atoms with E-state index in [9.17, 15) is 4.79 Å². The van der Waals surface area contributed by atoms with Gasteiger partial charge in [-0.2, -0.15) is 0 Å². The summed E-state index contributed by atoms with van der Waals surface area (Å²) in [4.78, 5) is 12.0. The molecule has 4 nitrogen and oxygen atoms in total. The first kappa shape index (κ1) is 15.3. The molecule has 0 bridgehead atoms. The number of rotatable bonds is 6. The Kier molecular flexibility index (Phi) is 5.17. The van der Waals surface area contributed by atoms with Gasteiger partial charge in [0, 0.05) is 13.2 Å². The predicted molar refractivity (Wildman–Crippen MR) is 83.5 cm³/mol. The van der Waals surface area contributed by atoms with E-state index in [1.807, 2.05) is 49.4 Å². The summed E-state index contributed by atoms with van der Waals surface area (Å²) in [7, 11) is 1.61. The van der Waals surface area contributed by atoms with Gasteiger partial charge in [0.25, 0.3) is 5.91 Å². The minimum absolute atomic E-state index is 0.0369. The van der Waals surface area contributed by atoms with Crippen LogP contribution in [0.4, 0.5) is 0 Å². The van der Waals surface area contributed by atoms with Crippen LogP contribution in [-0.4, -0.2) is 31.8 Å². The van der Waals surface area contributed by atoms with Crippen molar-refractivity contribution >= 4 is 16.7 Å². The molecule has 0 saturated carbocycles. The minimum Gasteiger partial charge on any atom is -0.481 e. The number of fused-ring (bicyclic) bond motifs is 1. The van der Waals surface area contributed by atoms with Crippen LogP contribution in [0, 0.1) is 0 Å². The zero-order valence-corrected chi connectivity index (χ0v) is 12.6. The quantitative estimate of drug-likeness (QED) is 0.888. The van der Waals surface area contributed by atoms with E-state index in [1.54, 1.807) is 14.0 Å². The van der Waals surface area contributed by atoms with Crippen LogP contribution in [0.1, 0.15) is 13.8 Å². The number of amides is 1. The van der Waals surface area contributed by atoms with Crippen molar-refractivity contribution in [2.75, 3.05) is 13.7 Å². The van der Waals surface area contributed by atoms with Crippen LogP contribution in [-0.2, 0) is 9.53 Å². The second-order valence-electron chi connectivity index (χ2n) is 5.13. The smallest absolute Gasteiger partial charge is 0.261 e. The molecule has 0 fully saturated rings. The number of methoxy groups -OCH3 is 1. The van der Waals surface area contributed by atoms with Crippen LogP contribution in [0.2, 0.25) is 0 Å². The molecule has 0 radical (unpaired) electrons. The minimum atomic E-state index is -0.550. The van der Waals surface area contributed by atoms with Gasteiger partial charge < -0.3 is 14.8 Å². The predicted octanol–water partition coefficient (Wildman–Crippen LogP) is 2.76. The van der Waals surface area contributed by atoms with Crippen molar-refractivity contribution in [2.24, 2.45) is 0 Å². The molecule has 0 aliphatic rings. The summed E-state index contributed by atoms with van der Waals surface area (Å²) < 4.78 is 10.7. The molecule has 0 saturated heterocycles. The highest BCUT2D eigenvalue weighted by Gasteiger charge is 2.16. The van der Waals surface area contributed by atoms with Gasteiger partial charge >= 0.3 is 0 Å². The number of carbonyl (C=O) groups is 1. The van der Waals surface area contributed by atoms with Crippen LogP contribution in [0.5, 0.6) is 5.75 Å². The van der Waals surface area contributed by atoms with Crippen LogP contribution in [0.3, 0.4) is 0 Å². The summed E-state index contributed by atoms with van der Waals surface area (Å²) in [6.45, 7) is 4.11. The summed E-state index contributed by atoms with van der Waals surface area (Å²) in [5, 5.41) is 5.09. The molecule has 2 aromatic rings. The molecule has 0 aliphatic carbocycles. The van der Waals surface area contributed by atoms with E-state index in [0.29, 0.717) is 12.4 Å². The molecule has 4 heteroatoms. The third-order valence-corrected chi connectivity index (χ3v) is 3.21. The van der Waals surface area contributed by atoms with Gasteiger partial charge in [-0.3, -0.25) is 4.79 Å². The van der Waals surface area contributed by atoms with Crippen LogP contribution < -0.4 is 10.1 Å². The lowest BCUT2D eigenvalue weighted by Crippen LogP contribution is -2.43. The summed E-state index contributed by atoms with van der Waals surface area (Å²) in [5.74, 6) is 0.545. The van der Waals surface area contributed by atoms with Crippen molar-refractivity contribution in [3.63, 3.8) is 0 Å². The molecular formula is C17H21NO3. The first-order valence-corrected chi connectivity index (χ1v) is 7.05. The highest BCUT2D eigenvalue weighted by Crippen LogP contribution is 2.21. The van der Waals surface area contributed by atoms with Gasteiger partial charge in [0.2, 0.25) is 0 Å². The van der Waals surface area contributed by atoms with E-state index in [2.05, 4.69) is 5.32 Å². The lowest BCUT2D eigenvalue weighted by molar-refractivity contribution is -0.128. The van der Waals surface area contributed by atoms with Gasteiger partial charge in [0.05, 0.1) is 6.61 Å². The molecule has 21 heavy (non-hydrogen) atoms. The van der Waals surface area contributed by atoms with Gasteiger partial charge in [-0.15, -0.1) is 0 Å². The van der Waals surface area contributed by atoms with Crippen molar-refractivity contribution in [2.45, 2.75) is 26.0 Å². The van der Waals surface area contributed by atoms with Gasteiger partial charge in [0.1, 0.15) is 5.75 Å². The number of ether oxygens (including phenoxy) is 2. The van der Waals surface area contributed by atoms with E-state index in [4.69, 9.17) is 9.47 Å². The number of nitrogens with one attached hydrogen (secondary N) is 1. The van der Waals surface area contributed by atoms with Crippen molar-refractivity contribution in [3.8, 4) is 5.75 Å². The van der Waals surface area contributed by atoms with Gasteiger partial charge in [-0.1, -0.05) is 30.3 Å². The van der Waals surface area contributed by atoms with E-state index < -0.39 is 6.10 Å². The molecule has 0 spiro atoms. The number of benzene rings is 2. The molecule has 2 atom stereocenters. The topological polar surface area (TPSA) is 47.6 Å². The Bertz CT molecular complexity index is 612. The third-order valence-electron chi connectivity index (χ3n) is 3.21. The maximum atomic E-state index is 12.0. The van der Waals surface area contributed by atoms with Crippen LogP contribution in [0.15, 0.2) is 42.5 Å². The van der Waals surface area contributed by atoms with Crippen molar-refractivity contribution in [1.82, 2.24) is 5.32 Å². The van der Waals surface area contributed by atoms with Crippen LogP contribution >= 0.6 is 0 Å². The van der Waals surface area contributed by atoms with E-state index in [-0.39, 0.29) is 11.9 Å². The standard InChI is InChI=1S/C17H21NO3/c1-12(11-20-3)18-17(19)13(2)21-16-9-8-14-6-4-5-7-15(14)10-16/h4-10,12-13H,11H2,1-3H3,(H,18,19). The first-order chi connectivity index (χ1) is 10.1. The maximum Gasteiger partial charge on any atom is 0.261 e. The lowest BCUT2D eigenvalue weighted by atomic mass is 10.1. The number of carbonyl (C=O) groups excluding carboxylic acids is 1. The van der Waals surface area contributed by atoms with Crippen molar-refractivity contribution in [3.05, 3.63) is 42.5 Å². The summed E-state index contributed by atoms with van der Waals surface area (Å²) in [6.07, 6.45) is -0.550. The Labute approximate surface area is 125 Å². The largest absolute Gasteiger partial charge is 0.481 e.